The third kappa shape index (κ3) is 4.00. The summed E-state index contributed by atoms with van der Waals surface area (Å²) in [5.41, 5.74) is 3.11. The van der Waals surface area contributed by atoms with E-state index in [2.05, 4.69) is 16.5 Å². The first-order chi connectivity index (χ1) is 15.5. The lowest BCUT2D eigenvalue weighted by molar-refractivity contribution is -0.138. The zero-order valence-corrected chi connectivity index (χ0v) is 19.3. The molecule has 2 aromatic heterocycles. The maximum Gasteiger partial charge on any atom is 0.256 e. The van der Waals surface area contributed by atoms with Gasteiger partial charge in [-0.3, -0.25) is 9.59 Å². The van der Waals surface area contributed by atoms with E-state index in [-0.39, 0.29) is 17.7 Å². The van der Waals surface area contributed by atoms with Crippen molar-refractivity contribution in [3.05, 3.63) is 23.1 Å². The Morgan fingerprint density at radius 1 is 0.906 bits per heavy atom. The molecule has 0 spiro atoms. The van der Waals surface area contributed by atoms with E-state index in [0.717, 1.165) is 87.5 Å². The molecule has 172 valence electrons. The smallest absolute Gasteiger partial charge is 0.256 e. The first-order valence-corrected chi connectivity index (χ1v) is 12.1. The summed E-state index contributed by atoms with van der Waals surface area (Å²) < 4.78 is 2.22. The Hall–Kier alpha value is -2.48. The van der Waals surface area contributed by atoms with Crippen molar-refractivity contribution in [1.29, 1.82) is 0 Å². The lowest BCUT2D eigenvalue weighted by Gasteiger charge is -2.37. The molecule has 2 amide bonds. The normalized spacial score (nSPS) is 20.9. The molecule has 8 nitrogen and oxygen atoms in total. The first-order valence-electron chi connectivity index (χ1n) is 12.1. The van der Waals surface area contributed by atoms with Crippen LogP contribution in [-0.2, 0) is 17.8 Å². The molecule has 0 N–H and O–H groups in total. The maximum atomic E-state index is 13.5. The molecule has 0 unspecified atom stereocenters. The molecule has 5 rings (SSSR count). The molecule has 0 aliphatic carbocycles. The van der Waals surface area contributed by atoms with Gasteiger partial charge in [-0.1, -0.05) is 6.42 Å². The Kier molecular flexibility index (Phi) is 5.88. The van der Waals surface area contributed by atoms with Crippen LogP contribution < -0.4 is 0 Å². The molecule has 0 saturated carbocycles. The predicted molar refractivity (Wildman–Crippen MR) is 123 cm³/mol. The summed E-state index contributed by atoms with van der Waals surface area (Å²) in [5, 5.41) is 0. The highest BCUT2D eigenvalue weighted by Gasteiger charge is 2.32. The fraction of sp³-hybridized carbons (Fsp3) is 0.667. The highest BCUT2D eigenvalue weighted by molar-refractivity contribution is 6.04. The van der Waals surface area contributed by atoms with Crippen molar-refractivity contribution in [2.75, 3.05) is 46.3 Å². The highest BCUT2D eigenvalue weighted by atomic mass is 16.2. The van der Waals surface area contributed by atoms with E-state index in [1.165, 1.54) is 6.42 Å². The summed E-state index contributed by atoms with van der Waals surface area (Å²) in [4.78, 5) is 42.3. The van der Waals surface area contributed by atoms with Crippen LogP contribution >= 0.6 is 0 Å². The molecule has 0 radical (unpaired) electrons. The van der Waals surface area contributed by atoms with Gasteiger partial charge >= 0.3 is 0 Å². The van der Waals surface area contributed by atoms with Gasteiger partial charge in [0.05, 0.1) is 5.56 Å². The fourth-order valence-corrected chi connectivity index (χ4v) is 5.36. The molecule has 8 heteroatoms. The quantitative estimate of drug-likeness (QED) is 0.718. The summed E-state index contributed by atoms with van der Waals surface area (Å²) >= 11 is 0. The number of likely N-dealkylation sites (N-methyl/N-ethyl adjacent to an activating group) is 1. The number of nitrogens with zero attached hydrogens (tertiary/aromatic N) is 6. The second-order valence-corrected chi connectivity index (χ2v) is 9.67. The van der Waals surface area contributed by atoms with E-state index in [1.54, 1.807) is 0 Å². The van der Waals surface area contributed by atoms with Crippen LogP contribution in [0.15, 0.2) is 6.07 Å². The number of amides is 2. The molecular formula is C24H34N6O2. The van der Waals surface area contributed by atoms with Gasteiger partial charge in [0.25, 0.3) is 5.91 Å². The van der Waals surface area contributed by atoms with E-state index in [0.29, 0.717) is 18.7 Å². The molecule has 0 atom stereocenters. The summed E-state index contributed by atoms with van der Waals surface area (Å²) in [6, 6.07) is 1.89. The van der Waals surface area contributed by atoms with Crippen LogP contribution in [0.2, 0.25) is 0 Å². The van der Waals surface area contributed by atoms with E-state index < -0.39 is 0 Å². The second kappa shape index (κ2) is 8.81. The first kappa shape index (κ1) is 21.4. The Labute approximate surface area is 189 Å². The molecule has 3 aliphatic heterocycles. The monoisotopic (exact) mass is 438 g/mol. The average molecular weight is 439 g/mol. The molecule has 2 saturated heterocycles. The van der Waals surface area contributed by atoms with Gasteiger partial charge in [-0.25, -0.2) is 9.97 Å². The average Bonchev–Trinajstić information content (AvgIpc) is 2.99. The molecular weight excluding hydrogens is 404 g/mol. The van der Waals surface area contributed by atoms with Gasteiger partial charge in [0, 0.05) is 63.8 Å². The highest BCUT2D eigenvalue weighted by Crippen LogP contribution is 2.27. The molecule has 2 fully saturated rings. The Balaban J connectivity index is 1.31. The van der Waals surface area contributed by atoms with Crippen LogP contribution in [0.3, 0.4) is 0 Å². The van der Waals surface area contributed by atoms with Crippen molar-refractivity contribution in [2.45, 2.75) is 52.0 Å². The third-order valence-corrected chi connectivity index (χ3v) is 7.37. The van der Waals surface area contributed by atoms with Crippen LogP contribution in [0.5, 0.6) is 0 Å². The number of pyridine rings is 1. The number of hydrogen-bond acceptors (Lipinski definition) is 5. The lowest BCUT2D eigenvalue weighted by Crippen LogP contribution is -2.51. The number of hydrogen-bond donors (Lipinski definition) is 0. The number of carbonyl (C=O) groups is 2. The SMILES string of the molecule is Cc1cc(C(=O)N2CCC(C(=O)N3CCN(C)CC3)CC2)c2nc3n(c2n1)CCCCC3. The zero-order chi connectivity index (χ0) is 22.2. The summed E-state index contributed by atoms with van der Waals surface area (Å²) in [6.45, 7) is 7.63. The van der Waals surface area contributed by atoms with Crippen molar-refractivity contribution in [1.82, 2.24) is 29.2 Å². The minimum Gasteiger partial charge on any atom is -0.340 e. The van der Waals surface area contributed by atoms with Crippen molar-refractivity contribution in [2.24, 2.45) is 5.92 Å². The van der Waals surface area contributed by atoms with Crippen LogP contribution in [0.4, 0.5) is 0 Å². The number of aromatic nitrogens is 3. The van der Waals surface area contributed by atoms with E-state index in [1.807, 2.05) is 22.8 Å². The molecule has 5 heterocycles. The van der Waals surface area contributed by atoms with Gasteiger partial charge in [-0.2, -0.15) is 0 Å². The number of likely N-dealkylation sites (tertiary alicyclic amines) is 1. The van der Waals surface area contributed by atoms with Gasteiger partial charge in [0.1, 0.15) is 11.3 Å². The summed E-state index contributed by atoms with van der Waals surface area (Å²) in [6.07, 6.45) is 5.91. The fourth-order valence-electron chi connectivity index (χ4n) is 5.36. The summed E-state index contributed by atoms with van der Waals surface area (Å²) in [5.74, 6) is 1.39. The largest absolute Gasteiger partial charge is 0.340 e. The van der Waals surface area contributed by atoms with E-state index in [4.69, 9.17) is 9.97 Å². The number of aryl methyl sites for hydroxylation is 3. The van der Waals surface area contributed by atoms with Gasteiger partial charge in [-0.15, -0.1) is 0 Å². The van der Waals surface area contributed by atoms with E-state index in [9.17, 15) is 9.59 Å². The number of rotatable bonds is 2. The van der Waals surface area contributed by atoms with Crippen molar-refractivity contribution in [3.8, 4) is 0 Å². The van der Waals surface area contributed by atoms with Crippen molar-refractivity contribution >= 4 is 23.0 Å². The van der Waals surface area contributed by atoms with Gasteiger partial charge < -0.3 is 19.3 Å². The van der Waals surface area contributed by atoms with Crippen LogP contribution in [0.25, 0.3) is 11.2 Å². The van der Waals surface area contributed by atoms with Gasteiger partial charge in [0.15, 0.2) is 5.65 Å². The topological polar surface area (TPSA) is 74.6 Å². The number of imidazole rings is 1. The molecule has 32 heavy (non-hydrogen) atoms. The van der Waals surface area contributed by atoms with Crippen molar-refractivity contribution < 1.29 is 9.59 Å². The van der Waals surface area contributed by atoms with Crippen LogP contribution in [0, 0.1) is 12.8 Å². The molecule has 0 aromatic carbocycles. The Bertz CT molecular complexity index is 1020. The van der Waals surface area contributed by atoms with Gasteiger partial charge in [-0.05, 0) is 45.7 Å². The number of fused-ring (bicyclic) bond motifs is 3. The molecule has 2 aromatic rings. The van der Waals surface area contributed by atoms with Crippen molar-refractivity contribution in [3.63, 3.8) is 0 Å². The zero-order valence-electron chi connectivity index (χ0n) is 19.3. The minimum atomic E-state index is 0.0271. The maximum absolute atomic E-state index is 13.5. The second-order valence-electron chi connectivity index (χ2n) is 9.67. The molecule has 0 bridgehead atoms. The van der Waals surface area contributed by atoms with E-state index >= 15 is 0 Å². The minimum absolute atomic E-state index is 0.0271. The third-order valence-electron chi connectivity index (χ3n) is 7.37. The predicted octanol–water partition coefficient (Wildman–Crippen LogP) is 2.09. The summed E-state index contributed by atoms with van der Waals surface area (Å²) in [7, 11) is 2.10. The number of piperazine rings is 1. The number of carbonyl (C=O) groups excluding carboxylic acids is 2. The Morgan fingerprint density at radius 2 is 1.66 bits per heavy atom. The van der Waals surface area contributed by atoms with Crippen LogP contribution in [-0.4, -0.2) is 87.4 Å². The van der Waals surface area contributed by atoms with Crippen LogP contribution in [0.1, 0.15) is 54.0 Å². The lowest BCUT2D eigenvalue weighted by atomic mass is 9.94. The standard InChI is InChI=1S/C24H34N6O2/c1-17-16-19(21-22(25-17)30-9-5-3-4-6-20(30)26-21)24(32)28-10-7-18(8-11-28)23(31)29-14-12-27(2)13-15-29/h16,18H,3-15H2,1-2H3. The molecule has 3 aliphatic rings. The van der Waals surface area contributed by atoms with Gasteiger partial charge in [0.2, 0.25) is 5.91 Å². The number of piperidine rings is 1. The Morgan fingerprint density at radius 3 is 2.41 bits per heavy atom.